The molecule has 0 aromatic carbocycles. The number of carbonyl (C=O) groups excluding carboxylic acids is 2. The van der Waals surface area contributed by atoms with Gasteiger partial charge in [-0.2, -0.15) is 0 Å². The molecule has 0 aliphatic carbocycles. The number of carboxylic acids is 1. The first kappa shape index (κ1) is 55.6. The number of aliphatic hydroxyl groups is 1. The zero-order valence-corrected chi connectivity index (χ0v) is 36.8. The molecular formula is C46H76NO11P. The second kappa shape index (κ2) is 40.0. The van der Waals surface area contributed by atoms with E-state index in [1.165, 1.54) is 38.5 Å². The van der Waals surface area contributed by atoms with Crippen LogP contribution in [-0.2, 0) is 37.5 Å². The standard InChI is InChI=1S/C46H76NO11P/c1-3-4-5-6-7-8-9-10-14-18-21-24-27-30-33-36-44(49)55-38-42(39-56-59(53,54)57-40-43(47)46(51)52)58-45(50)37-34-31-28-25-22-19-16-13-11-12-15-17-20-23-26-29-32-35-41(2)48/h10-11,13-15,17,19,22-23,26,28,31-32,35,41-43,48H,3-9,12,16,18,20-21,24-25,27,29-30,33-34,36-40,47H2,1-2H3,(H,51,52)(H,53,54)/b13-11+,14-10-,17-15+,22-19+,26-23+,31-28+,35-32-. The van der Waals surface area contributed by atoms with E-state index in [1.54, 1.807) is 13.0 Å². The van der Waals surface area contributed by atoms with Gasteiger partial charge in [0, 0.05) is 12.8 Å². The molecule has 0 aliphatic rings. The van der Waals surface area contributed by atoms with Gasteiger partial charge in [0.2, 0.25) is 0 Å². The Balaban J connectivity index is 4.53. The Bertz CT molecular complexity index is 1340. The Kier molecular flexibility index (Phi) is 37.8. The molecule has 0 aromatic heterocycles. The molecule has 12 nitrogen and oxygen atoms in total. The van der Waals surface area contributed by atoms with Crippen LogP contribution in [0.2, 0.25) is 0 Å². The van der Waals surface area contributed by atoms with E-state index in [2.05, 4.69) is 66.1 Å². The molecule has 0 amide bonds. The van der Waals surface area contributed by atoms with E-state index in [-0.39, 0.29) is 12.8 Å². The summed E-state index contributed by atoms with van der Waals surface area (Å²) in [6.45, 7) is 2.16. The monoisotopic (exact) mass is 850 g/mol. The Morgan fingerprint density at radius 1 is 0.593 bits per heavy atom. The van der Waals surface area contributed by atoms with Crippen LogP contribution in [0.3, 0.4) is 0 Å². The van der Waals surface area contributed by atoms with Gasteiger partial charge in [-0.15, -0.1) is 0 Å². The summed E-state index contributed by atoms with van der Waals surface area (Å²) < 4.78 is 32.6. The highest BCUT2D eigenvalue weighted by Gasteiger charge is 2.28. The topological polar surface area (TPSA) is 192 Å². The first-order chi connectivity index (χ1) is 28.5. The normalized spacial score (nSPS) is 15.1. The van der Waals surface area contributed by atoms with Crippen LogP contribution in [0, 0.1) is 0 Å². The van der Waals surface area contributed by atoms with E-state index >= 15 is 0 Å². The zero-order valence-electron chi connectivity index (χ0n) is 35.9. The molecule has 0 aliphatic heterocycles. The molecule has 0 saturated carbocycles. The highest BCUT2D eigenvalue weighted by atomic mass is 31.2. The molecule has 0 heterocycles. The minimum absolute atomic E-state index is 0.0203. The molecular weight excluding hydrogens is 773 g/mol. The van der Waals surface area contributed by atoms with Gasteiger partial charge in [-0.05, 0) is 77.6 Å². The fourth-order valence-corrected chi connectivity index (χ4v) is 6.05. The van der Waals surface area contributed by atoms with Gasteiger partial charge in [-0.1, -0.05) is 143 Å². The molecule has 0 rings (SSSR count). The third-order valence-corrected chi connectivity index (χ3v) is 9.60. The first-order valence-corrected chi connectivity index (χ1v) is 23.2. The number of hydrogen-bond donors (Lipinski definition) is 4. The first-order valence-electron chi connectivity index (χ1n) is 21.7. The minimum Gasteiger partial charge on any atom is -0.480 e. The number of hydrogen-bond acceptors (Lipinski definition) is 10. The van der Waals surface area contributed by atoms with E-state index in [0.717, 1.165) is 64.2 Å². The van der Waals surface area contributed by atoms with E-state index in [0.29, 0.717) is 19.3 Å². The number of aliphatic carboxylic acids is 1. The van der Waals surface area contributed by atoms with Crippen LogP contribution in [0.4, 0.5) is 0 Å². The number of phosphoric acid groups is 1. The Labute approximate surface area is 355 Å². The number of carboxylic acid groups (broad SMARTS) is 1. The second-order valence-corrected chi connectivity index (χ2v) is 15.8. The van der Waals surface area contributed by atoms with Crippen molar-refractivity contribution >= 4 is 25.7 Å². The third-order valence-electron chi connectivity index (χ3n) is 8.65. The Morgan fingerprint density at radius 2 is 1.05 bits per heavy atom. The summed E-state index contributed by atoms with van der Waals surface area (Å²) in [5.74, 6) is -2.53. The van der Waals surface area contributed by atoms with Crippen LogP contribution in [0.25, 0.3) is 0 Å². The Morgan fingerprint density at radius 3 is 1.58 bits per heavy atom. The summed E-state index contributed by atoms with van der Waals surface area (Å²) in [6.07, 6.45) is 46.6. The van der Waals surface area contributed by atoms with Crippen molar-refractivity contribution < 1.29 is 52.6 Å². The van der Waals surface area contributed by atoms with Crippen molar-refractivity contribution in [3.8, 4) is 0 Å². The molecule has 59 heavy (non-hydrogen) atoms. The average Bonchev–Trinajstić information content (AvgIpc) is 3.20. The molecule has 4 unspecified atom stereocenters. The largest absolute Gasteiger partial charge is 0.480 e. The number of rotatable bonds is 39. The third kappa shape index (κ3) is 41.2. The highest BCUT2D eigenvalue weighted by Crippen LogP contribution is 2.43. The van der Waals surface area contributed by atoms with Gasteiger partial charge in [-0.25, -0.2) is 4.57 Å². The second-order valence-electron chi connectivity index (χ2n) is 14.4. The van der Waals surface area contributed by atoms with Crippen molar-refractivity contribution in [2.45, 2.75) is 167 Å². The fraction of sp³-hybridized carbons (Fsp3) is 0.630. The van der Waals surface area contributed by atoms with E-state index in [1.807, 2.05) is 24.3 Å². The predicted molar refractivity (Wildman–Crippen MR) is 236 cm³/mol. The van der Waals surface area contributed by atoms with Crippen molar-refractivity contribution in [3.05, 3.63) is 85.1 Å². The number of allylic oxidation sites excluding steroid dienone is 13. The quantitative estimate of drug-likeness (QED) is 0.0198. The highest BCUT2D eigenvalue weighted by molar-refractivity contribution is 7.47. The molecule has 4 atom stereocenters. The summed E-state index contributed by atoms with van der Waals surface area (Å²) in [5.41, 5.74) is 5.32. The summed E-state index contributed by atoms with van der Waals surface area (Å²) >= 11 is 0. The number of carbonyl (C=O) groups is 3. The van der Waals surface area contributed by atoms with Gasteiger partial charge < -0.3 is 30.3 Å². The molecule has 0 aromatic rings. The molecule has 0 saturated heterocycles. The van der Waals surface area contributed by atoms with Gasteiger partial charge in [-0.3, -0.25) is 23.4 Å². The average molecular weight is 850 g/mol. The summed E-state index contributed by atoms with van der Waals surface area (Å²) in [7, 11) is -4.75. The summed E-state index contributed by atoms with van der Waals surface area (Å²) in [5, 5.41) is 18.1. The van der Waals surface area contributed by atoms with Crippen LogP contribution in [0.5, 0.6) is 0 Å². The maximum absolute atomic E-state index is 12.6. The van der Waals surface area contributed by atoms with Gasteiger partial charge >= 0.3 is 25.7 Å². The smallest absolute Gasteiger partial charge is 0.472 e. The lowest BCUT2D eigenvalue weighted by molar-refractivity contribution is -0.161. The SMILES string of the molecule is CCCCCCCC/C=C\CCCCCCCC(=O)OCC(COP(=O)(O)OCC(N)C(=O)O)OC(=O)CC/C=C/C/C=C/C/C=C/C/C=C/C/C=C/C/C=C\C(C)O. The van der Waals surface area contributed by atoms with Crippen molar-refractivity contribution in [2.75, 3.05) is 19.8 Å². The molecule has 0 fully saturated rings. The van der Waals surface area contributed by atoms with Crippen LogP contribution < -0.4 is 5.73 Å². The summed E-state index contributed by atoms with van der Waals surface area (Å²) in [6, 6.07) is -1.54. The predicted octanol–water partition coefficient (Wildman–Crippen LogP) is 10.5. The van der Waals surface area contributed by atoms with E-state index in [4.69, 9.17) is 24.8 Å². The van der Waals surface area contributed by atoms with Gasteiger partial charge in [0.15, 0.2) is 6.10 Å². The summed E-state index contributed by atoms with van der Waals surface area (Å²) in [4.78, 5) is 45.9. The van der Waals surface area contributed by atoms with Gasteiger partial charge in [0.25, 0.3) is 0 Å². The van der Waals surface area contributed by atoms with Crippen LogP contribution in [0.15, 0.2) is 85.1 Å². The van der Waals surface area contributed by atoms with Gasteiger partial charge in [0.05, 0.1) is 19.3 Å². The zero-order chi connectivity index (χ0) is 43.7. The molecule has 0 spiro atoms. The number of nitrogens with two attached hydrogens (primary N) is 1. The lowest BCUT2D eigenvalue weighted by Gasteiger charge is -2.20. The van der Waals surface area contributed by atoms with Crippen LogP contribution in [-0.4, -0.2) is 71.1 Å². The van der Waals surface area contributed by atoms with Crippen LogP contribution in [0.1, 0.15) is 149 Å². The Hall–Kier alpha value is -3.38. The van der Waals surface area contributed by atoms with E-state index < -0.39 is 63.8 Å². The number of phosphoric ester groups is 1. The number of esters is 2. The molecule has 0 radical (unpaired) electrons. The lowest BCUT2D eigenvalue weighted by atomic mass is 10.1. The molecule has 5 N–H and O–H groups in total. The van der Waals surface area contributed by atoms with Crippen molar-refractivity contribution in [2.24, 2.45) is 5.73 Å². The number of aliphatic hydroxyl groups excluding tert-OH is 1. The van der Waals surface area contributed by atoms with Crippen molar-refractivity contribution in [3.63, 3.8) is 0 Å². The number of ether oxygens (including phenoxy) is 2. The van der Waals surface area contributed by atoms with Crippen molar-refractivity contribution in [1.29, 1.82) is 0 Å². The fourth-order valence-electron chi connectivity index (χ4n) is 5.27. The maximum Gasteiger partial charge on any atom is 0.472 e. The van der Waals surface area contributed by atoms with E-state index in [9.17, 15) is 28.9 Å². The van der Waals surface area contributed by atoms with Crippen LogP contribution >= 0.6 is 7.82 Å². The lowest BCUT2D eigenvalue weighted by Crippen LogP contribution is -2.34. The number of unbranched alkanes of at least 4 members (excludes halogenated alkanes) is 11. The minimum atomic E-state index is -4.75. The molecule has 13 heteroatoms. The van der Waals surface area contributed by atoms with Crippen molar-refractivity contribution in [1.82, 2.24) is 0 Å². The molecule has 336 valence electrons. The maximum atomic E-state index is 12.6. The van der Waals surface area contributed by atoms with Gasteiger partial charge in [0.1, 0.15) is 12.6 Å². The molecule has 0 bridgehead atoms.